The maximum atomic E-state index is 9.20. The average molecular weight is 249 g/mol. The number of piperidine rings is 1. The number of nitriles is 1. The Balaban J connectivity index is 1.81. The quantitative estimate of drug-likeness (QED) is 0.831. The molecule has 1 saturated carbocycles. The maximum absolute atomic E-state index is 9.20. The molecule has 102 valence electrons. The molecule has 3 heteroatoms. The molecule has 1 heterocycles. The highest BCUT2D eigenvalue weighted by Gasteiger charge is 2.31. The molecular weight excluding hydrogens is 222 g/mol. The summed E-state index contributed by atoms with van der Waals surface area (Å²) in [6.07, 6.45) is 7.07. The Kier molecular flexibility index (Phi) is 5.03. The van der Waals surface area contributed by atoms with Crippen LogP contribution in [0.1, 0.15) is 46.0 Å². The molecule has 2 aliphatic rings. The van der Waals surface area contributed by atoms with Gasteiger partial charge in [-0.05, 0) is 45.1 Å². The average Bonchev–Trinajstić information content (AvgIpc) is 2.37. The third kappa shape index (κ3) is 3.70. The fourth-order valence-corrected chi connectivity index (χ4v) is 3.63. The van der Waals surface area contributed by atoms with E-state index in [2.05, 4.69) is 30.1 Å². The van der Waals surface area contributed by atoms with Crippen molar-refractivity contribution in [3.8, 4) is 6.07 Å². The lowest BCUT2D eigenvalue weighted by Crippen LogP contribution is -2.48. The topological polar surface area (TPSA) is 39.1 Å². The monoisotopic (exact) mass is 249 g/mol. The number of likely N-dealkylation sites (tertiary alicyclic amines) is 1. The first-order valence-electron chi connectivity index (χ1n) is 7.57. The minimum absolute atomic E-state index is 0.00913. The van der Waals surface area contributed by atoms with Crippen LogP contribution in [-0.2, 0) is 0 Å². The molecule has 0 bridgehead atoms. The van der Waals surface area contributed by atoms with Crippen LogP contribution >= 0.6 is 0 Å². The molecule has 2 rings (SSSR count). The first-order valence-corrected chi connectivity index (χ1v) is 7.57. The third-order valence-electron chi connectivity index (χ3n) is 4.51. The predicted octanol–water partition coefficient (Wildman–Crippen LogP) is 2.39. The van der Waals surface area contributed by atoms with Gasteiger partial charge in [0.05, 0.1) is 6.07 Å². The maximum Gasteiger partial charge on any atom is 0.108 e. The zero-order valence-electron chi connectivity index (χ0n) is 11.9. The van der Waals surface area contributed by atoms with E-state index in [1.807, 2.05) is 0 Å². The van der Waals surface area contributed by atoms with Crippen molar-refractivity contribution in [1.29, 1.82) is 5.26 Å². The highest BCUT2D eigenvalue weighted by Crippen LogP contribution is 2.35. The van der Waals surface area contributed by atoms with Gasteiger partial charge in [0.1, 0.15) is 6.04 Å². The van der Waals surface area contributed by atoms with E-state index in [0.29, 0.717) is 6.04 Å². The molecule has 0 radical (unpaired) electrons. The molecule has 3 nitrogen and oxygen atoms in total. The van der Waals surface area contributed by atoms with Crippen LogP contribution in [0.5, 0.6) is 0 Å². The zero-order chi connectivity index (χ0) is 13.0. The van der Waals surface area contributed by atoms with Crippen molar-refractivity contribution in [1.82, 2.24) is 10.2 Å². The van der Waals surface area contributed by atoms with E-state index < -0.39 is 0 Å². The Hall–Kier alpha value is -0.590. The van der Waals surface area contributed by atoms with E-state index >= 15 is 0 Å². The Morgan fingerprint density at radius 2 is 1.94 bits per heavy atom. The first-order chi connectivity index (χ1) is 8.69. The van der Waals surface area contributed by atoms with Crippen LogP contribution in [0.2, 0.25) is 0 Å². The van der Waals surface area contributed by atoms with Crippen molar-refractivity contribution in [2.24, 2.45) is 11.8 Å². The summed E-state index contributed by atoms with van der Waals surface area (Å²) in [5.41, 5.74) is 0. The predicted molar refractivity (Wildman–Crippen MR) is 74.2 cm³/mol. The number of nitrogens with zero attached hydrogens (tertiary/aromatic N) is 2. The molecule has 3 atom stereocenters. The summed E-state index contributed by atoms with van der Waals surface area (Å²) < 4.78 is 0. The molecule has 1 N–H and O–H groups in total. The van der Waals surface area contributed by atoms with Gasteiger partial charge >= 0.3 is 0 Å². The summed E-state index contributed by atoms with van der Waals surface area (Å²) in [7, 11) is 0. The number of hydrogen-bond donors (Lipinski definition) is 1. The van der Waals surface area contributed by atoms with Crippen LogP contribution < -0.4 is 5.32 Å². The highest BCUT2D eigenvalue weighted by atomic mass is 15.2. The number of nitrogens with one attached hydrogen (secondary N) is 1. The zero-order valence-corrected chi connectivity index (χ0v) is 11.9. The summed E-state index contributed by atoms with van der Waals surface area (Å²) >= 11 is 0. The molecule has 2 fully saturated rings. The van der Waals surface area contributed by atoms with Crippen LogP contribution in [0.3, 0.4) is 0 Å². The fourth-order valence-electron chi connectivity index (χ4n) is 3.63. The van der Waals surface area contributed by atoms with Gasteiger partial charge < -0.3 is 4.90 Å². The van der Waals surface area contributed by atoms with Crippen molar-refractivity contribution in [2.75, 3.05) is 19.6 Å². The lowest BCUT2D eigenvalue weighted by molar-refractivity contribution is 0.0831. The molecule has 0 aromatic heterocycles. The molecule has 0 spiro atoms. The molecule has 0 amide bonds. The van der Waals surface area contributed by atoms with Crippen molar-refractivity contribution >= 4 is 0 Å². The summed E-state index contributed by atoms with van der Waals surface area (Å²) in [5, 5.41) is 12.5. The minimum atomic E-state index is -0.00913. The van der Waals surface area contributed by atoms with Crippen molar-refractivity contribution < 1.29 is 0 Å². The van der Waals surface area contributed by atoms with Crippen molar-refractivity contribution in [3.63, 3.8) is 0 Å². The van der Waals surface area contributed by atoms with Gasteiger partial charge in [-0.3, -0.25) is 5.32 Å². The van der Waals surface area contributed by atoms with E-state index in [1.54, 1.807) is 0 Å². The smallest absolute Gasteiger partial charge is 0.108 e. The van der Waals surface area contributed by atoms with Gasteiger partial charge in [0.25, 0.3) is 0 Å². The molecule has 1 aliphatic heterocycles. The molecule has 0 aromatic carbocycles. The van der Waals surface area contributed by atoms with Gasteiger partial charge in [-0.25, -0.2) is 0 Å². The number of hydrogen-bond acceptors (Lipinski definition) is 3. The lowest BCUT2D eigenvalue weighted by Gasteiger charge is -2.42. The summed E-state index contributed by atoms with van der Waals surface area (Å²) in [6.45, 7) is 7.54. The van der Waals surface area contributed by atoms with Crippen LogP contribution in [0.4, 0.5) is 0 Å². The second-order valence-electron chi connectivity index (χ2n) is 6.36. The molecule has 18 heavy (non-hydrogen) atoms. The van der Waals surface area contributed by atoms with E-state index in [4.69, 9.17) is 0 Å². The number of rotatable bonds is 4. The van der Waals surface area contributed by atoms with Crippen LogP contribution in [0.25, 0.3) is 0 Å². The van der Waals surface area contributed by atoms with Gasteiger partial charge in [-0.15, -0.1) is 0 Å². The Bertz CT molecular complexity index is 295. The standard InChI is InChI=1S/C15H27N3/c1-12(2)17-15(9-16)11-18-8-7-13-5-3-4-6-14(13)10-18/h12-15,17H,3-8,10-11H2,1-2H3. The third-order valence-corrected chi connectivity index (χ3v) is 4.51. The van der Waals surface area contributed by atoms with E-state index in [0.717, 1.165) is 18.4 Å². The lowest BCUT2D eigenvalue weighted by atomic mass is 9.75. The van der Waals surface area contributed by atoms with Crippen molar-refractivity contribution in [3.05, 3.63) is 0 Å². The summed E-state index contributed by atoms with van der Waals surface area (Å²) in [6, 6.07) is 2.78. The SMILES string of the molecule is CC(C)NC(C#N)CN1CCC2CCCCC2C1. The van der Waals surface area contributed by atoms with Gasteiger partial charge in [0, 0.05) is 19.1 Å². The van der Waals surface area contributed by atoms with E-state index in [-0.39, 0.29) is 6.04 Å². The Labute approximate surface area is 112 Å². The normalized spacial score (nSPS) is 30.8. The van der Waals surface area contributed by atoms with Crippen LogP contribution in [0, 0.1) is 23.2 Å². The molecule has 1 saturated heterocycles. The van der Waals surface area contributed by atoms with Gasteiger partial charge in [0.2, 0.25) is 0 Å². The first kappa shape index (κ1) is 13.8. The van der Waals surface area contributed by atoms with Crippen molar-refractivity contribution in [2.45, 2.75) is 58.0 Å². The van der Waals surface area contributed by atoms with E-state index in [1.165, 1.54) is 45.2 Å². The Morgan fingerprint density at radius 3 is 2.61 bits per heavy atom. The fraction of sp³-hybridized carbons (Fsp3) is 0.933. The van der Waals surface area contributed by atoms with Crippen LogP contribution in [-0.4, -0.2) is 36.6 Å². The van der Waals surface area contributed by atoms with Gasteiger partial charge in [-0.2, -0.15) is 5.26 Å². The van der Waals surface area contributed by atoms with Gasteiger partial charge in [0.15, 0.2) is 0 Å². The molecule has 1 aliphatic carbocycles. The molecular formula is C15H27N3. The van der Waals surface area contributed by atoms with Gasteiger partial charge in [-0.1, -0.05) is 19.3 Å². The Morgan fingerprint density at radius 1 is 1.22 bits per heavy atom. The second kappa shape index (κ2) is 6.54. The van der Waals surface area contributed by atoms with Crippen LogP contribution in [0.15, 0.2) is 0 Å². The second-order valence-corrected chi connectivity index (χ2v) is 6.36. The summed E-state index contributed by atoms with van der Waals surface area (Å²) in [5.74, 6) is 1.89. The number of fused-ring (bicyclic) bond motifs is 1. The minimum Gasteiger partial charge on any atom is -0.300 e. The largest absolute Gasteiger partial charge is 0.300 e. The molecule has 0 aromatic rings. The summed E-state index contributed by atoms with van der Waals surface area (Å²) in [4.78, 5) is 2.51. The van der Waals surface area contributed by atoms with E-state index in [9.17, 15) is 5.26 Å². The highest BCUT2D eigenvalue weighted by molar-refractivity contribution is 4.94. The molecule has 3 unspecified atom stereocenters.